The lowest BCUT2D eigenvalue weighted by Crippen LogP contribution is -2.33. The molecule has 30 heavy (non-hydrogen) atoms. The van der Waals surface area contributed by atoms with Crippen LogP contribution in [-0.4, -0.2) is 46.7 Å². The molecule has 1 N–H and O–H groups in total. The zero-order valence-electron chi connectivity index (χ0n) is 16.3. The van der Waals surface area contributed by atoms with Crippen LogP contribution >= 0.6 is 0 Å². The Hall–Kier alpha value is -3.56. The number of likely N-dealkylation sites (tertiary alicyclic amines) is 1. The number of rotatable bonds is 7. The number of carbonyl (C=O) groups is 4. The van der Waals surface area contributed by atoms with Crippen molar-refractivity contribution in [1.29, 1.82) is 0 Å². The molecule has 1 aliphatic heterocycles. The van der Waals surface area contributed by atoms with Gasteiger partial charge in [-0.15, -0.1) is 0 Å². The number of hydrogen-bond acceptors (Lipinski definition) is 7. The topological polar surface area (TPSA) is 136 Å². The second-order valence-electron chi connectivity index (χ2n) is 7.20. The molecule has 0 saturated carbocycles. The molecular weight excluding hydrogens is 394 g/mol. The highest BCUT2D eigenvalue weighted by Crippen LogP contribution is 2.35. The van der Waals surface area contributed by atoms with Crippen LogP contribution in [0.1, 0.15) is 24.8 Å². The van der Waals surface area contributed by atoms with E-state index in [1.807, 2.05) is 12.2 Å². The number of non-ortho nitro benzene ring substituents is 1. The minimum atomic E-state index is -0.727. The number of nitrogens with zero attached hydrogens (tertiary/aromatic N) is 2. The number of nitrogens with one attached hydrogen (secondary N) is 1. The van der Waals surface area contributed by atoms with E-state index in [1.54, 1.807) is 6.92 Å². The van der Waals surface area contributed by atoms with Crippen molar-refractivity contribution in [2.75, 3.05) is 18.5 Å². The molecule has 0 spiro atoms. The lowest BCUT2D eigenvalue weighted by molar-refractivity contribution is -0.384. The van der Waals surface area contributed by atoms with E-state index in [2.05, 4.69) is 5.32 Å². The number of anilines is 1. The third kappa shape index (κ3) is 4.53. The van der Waals surface area contributed by atoms with Crippen molar-refractivity contribution in [3.8, 4) is 0 Å². The fourth-order valence-electron chi connectivity index (χ4n) is 3.56. The number of aryl methyl sites for hydroxylation is 1. The Morgan fingerprint density at radius 3 is 2.43 bits per heavy atom. The molecule has 1 fully saturated rings. The lowest BCUT2D eigenvalue weighted by atomic mass is 9.85. The average Bonchev–Trinajstić information content (AvgIpc) is 2.96. The van der Waals surface area contributed by atoms with Gasteiger partial charge >= 0.3 is 5.97 Å². The molecule has 3 rings (SSSR count). The van der Waals surface area contributed by atoms with Crippen molar-refractivity contribution < 1.29 is 28.8 Å². The number of ether oxygens (including phenoxy) is 1. The molecule has 0 bridgehead atoms. The normalized spacial score (nSPS) is 20.1. The first kappa shape index (κ1) is 21.2. The van der Waals surface area contributed by atoms with Gasteiger partial charge in [0.2, 0.25) is 11.8 Å². The second-order valence-corrected chi connectivity index (χ2v) is 7.20. The highest BCUT2D eigenvalue weighted by molar-refractivity contribution is 6.05. The van der Waals surface area contributed by atoms with E-state index in [0.717, 1.165) is 4.90 Å². The Kier molecular flexibility index (Phi) is 6.24. The van der Waals surface area contributed by atoms with Gasteiger partial charge in [-0.1, -0.05) is 18.2 Å². The fraction of sp³-hybridized carbons (Fsp3) is 0.400. The number of nitro benzene ring substituents is 1. The minimum absolute atomic E-state index is 0.0882. The second kappa shape index (κ2) is 8.85. The van der Waals surface area contributed by atoms with Gasteiger partial charge in [-0.25, -0.2) is 0 Å². The van der Waals surface area contributed by atoms with Crippen LogP contribution in [0.4, 0.5) is 11.4 Å². The number of esters is 1. The highest BCUT2D eigenvalue weighted by Gasteiger charge is 2.46. The molecule has 0 radical (unpaired) electrons. The van der Waals surface area contributed by atoms with Crippen LogP contribution in [0.15, 0.2) is 30.4 Å². The number of benzene rings is 1. The van der Waals surface area contributed by atoms with E-state index in [-0.39, 0.29) is 48.0 Å². The summed E-state index contributed by atoms with van der Waals surface area (Å²) in [5.74, 6) is -2.65. The van der Waals surface area contributed by atoms with Gasteiger partial charge in [-0.2, -0.15) is 0 Å². The number of allylic oxidation sites excluding steroid dienone is 2. The number of imide groups is 1. The highest BCUT2D eigenvalue weighted by atomic mass is 16.6. The first-order valence-electron chi connectivity index (χ1n) is 9.48. The lowest BCUT2D eigenvalue weighted by Gasteiger charge is -2.14. The Morgan fingerprint density at radius 2 is 1.83 bits per heavy atom. The third-order valence-corrected chi connectivity index (χ3v) is 5.21. The Labute approximate surface area is 172 Å². The van der Waals surface area contributed by atoms with Gasteiger partial charge in [-0.3, -0.25) is 34.2 Å². The van der Waals surface area contributed by atoms with Gasteiger partial charge in [0.1, 0.15) is 0 Å². The predicted molar refractivity (Wildman–Crippen MR) is 104 cm³/mol. The van der Waals surface area contributed by atoms with Gasteiger partial charge in [0.15, 0.2) is 6.61 Å². The van der Waals surface area contributed by atoms with Crippen molar-refractivity contribution in [2.45, 2.75) is 26.2 Å². The fourth-order valence-corrected chi connectivity index (χ4v) is 3.56. The maximum atomic E-state index is 12.3. The summed E-state index contributed by atoms with van der Waals surface area (Å²) in [5, 5.41) is 13.3. The summed E-state index contributed by atoms with van der Waals surface area (Å²) in [5.41, 5.74) is 0.681. The smallest absolute Gasteiger partial charge is 0.308 e. The van der Waals surface area contributed by atoms with Gasteiger partial charge < -0.3 is 10.1 Å². The molecule has 0 aromatic heterocycles. The Bertz CT molecular complexity index is 914. The van der Waals surface area contributed by atoms with Crippen molar-refractivity contribution in [2.24, 2.45) is 11.8 Å². The molecule has 2 atom stereocenters. The molecule has 158 valence electrons. The van der Waals surface area contributed by atoms with Crippen LogP contribution in [0, 0.1) is 28.9 Å². The van der Waals surface area contributed by atoms with Gasteiger partial charge in [-0.05, 0) is 25.3 Å². The first-order chi connectivity index (χ1) is 14.3. The van der Waals surface area contributed by atoms with E-state index < -0.39 is 23.4 Å². The minimum Gasteiger partial charge on any atom is -0.456 e. The summed E-state index contributed by atoms with van der Waals surface area (Å²) in [6.07, 6.45) is 4.59. The zero-order valence-corrected chi connectivity index (χ0v) is 16.3. The van der Waals surface area contributed by atoms with Crippen molar-refractivity contribution in [3.63, 3.8) is 0 Å². The SMILES string of the molecule is Cc1ccc([N+](=O)[O-])cc1NC(=O)COC(=O)CCN1C(=O)[C@@H]2CC=CC[C@H]2C1=O. The molecule has 10 nitrogen and oxygen atoms in total. The number of carbonyl (C=O) groups excluding carboxylic acids is 4. The summed E-state index contributed by atoms with van der Waals surface area (Å²) < 4.78 is 4.90. The summed E-state index contributed by atoms with van der Waals surface area (Å²) in [4.78, 5) is 60.0. The molecule has 1 aromatic carbocycles. The summed E-state index contributed by atoms with van der Waals surface area (Å²) >= 11 is 0. The number of fused-ring (bicyclic) bond motifs is 1. The molecule has 1 saturated heterocycles. The van der Waals surface area contributed by atoms with Crippen LogP contribution in [-0.2, 0) is 23.9 Å². The number of amides is 3. The van der Waals surface area contributed by atoms with Gasteiger partial charge in [0, 0.05) is 18.7 Å². The number of hydrogen-bond donors (Lipinski definition) is 1. The van der Waals surface area contributed by atoms with Gasteiger partial charge in [0.25, 0.3) is 11.6 Å². The zero-order chi connectivity index (χ0) is 21.8. The van der Waals surface area contributed by atoms with Crippen LogP contribution < -0.4 is 5.32 Å². The molecule has 1 aromatic rings. The molecule has 0 unspecified atom stereocenters. The van der Waals surface area contributed by atoms with E-state index in [9.17, 15) is 29.3 Å². The molecule has 2 aliphatic rings. The third-order valence-electron chi connectivity index (χ3n) is 5.21. The first-order valence-corrected chi connectivity index (χ1v) is 9.48. The number of nitro groups is 1. The van der Waals surface area contributed by atoms with E-state index in [0.29, 0.717) is 18.4 Å². The van der Waals surface area contributed by atoms with Crippen LogP contribution in [0.25, 0.3) is 0 Å². The van der Waals surface area contributed by atoms with Crippen LogP contribution in [0.3, 0.4) is 0 Å². The molecule has 10 heteroatoms. The van der Waals surface area contributed by atoms with Crippen molar-refractivity contribution >= 4 is 35.1 Å². The predicted octanol–water partition coefficient (Wildman–Crippen LogP) is 1.73. The summed E-state index contributed by atoms with van der Waals surface area (Å²) in [7, 11) is 0. The van der Waals surface area contributed by atoms with E-state index >= 15 is 0 Å². The van der Waals surface area contributed by atoms with E-state index in [1.165, 1.54) is 18.2 Å². The average molecular weight is 415 g/mol. The van der Waals surface area contributed by atoms with Crippen molar-refractivity contribution in [1.82, 2.24) is 4.90 Å². The quantitative estimate of drug-likeness (QED) is 0.235. The Morgan fingerprint density at radius 1 is 1.20 bits per heavy atom. The molecule has 3 amide bonds. The molecule has 1 heterocycles. The van der Waals surface area contributed by atoms with E-state index in [4.69, 9.17) is 4.74 Å². The monoisotopic (exact) mass is 415 g/mol. The Balaban J connectivity index is 1.46. The summed E-state index contributed by atoms with van der Waals surface area (Å²) in [6.45, 7) is 0.996. The van der Waals surface area contributed by atoms with Gasteiger partial charge in [0.05, 0.1) is 28.9 Å². The van der Waals surface area contributed by atoms with Crippen molar-refractivity contribution in [3.05, 3.63) is 46.0 Å². The van der Waals surface area contributed by atoms with Crippen LogP contribution in [0.5, 0.6) is 0 Å². The largest absolute Gasteiger partial charge is 0.456 e. The maximum Gasteiger partial charge on any atom is 0.308 e. The summed E-state index contributed by atoms with van der Waals surface area (Å²) in [6, 6.07) is 4.03. The maximum absolute atomic E-state index is 12.3. The van der Waals surface area contributed by atoms with Crippen LogP contribution in [0.2, 0.25) is 0 Å². The molecular formula is C20H21N3O7. The standard InChI is InChI=1S/C20H21N3O7/c1-12-6-7-13(23(28)29)10-16(12)21-17(24)11-30-18(25)8-9-22-19(26)14-4-2-3-5-15(14)20(22)27/h2-3,6-7,10,14-15H,4-5,8-9,11H2,1H3,(H,21,24)/t14-,15-/m1/s1. The molecule has 1 aliphatic carbocycles.